The summed E-state index contributed by atoms with van der Waals surface area (Å²) < 4.78 is 7.55. The van der Waals surface area contributed by atoms with Crippen LogP contribution in [0, 0.1) is 12.8 Å². The van der Waals surface area contributed by atoms with Gasteiger partial charge in [0.2, 0.25) is 0 Å². The van der Waals surface area contributed by atoms with Crippen molar-refractivity contribution in [2.75, 3.05) is 51.3 Å². The van der Waals surface area contributed by atoms with Gasteiger partial charge < -0.3 is 10.1 Å². The lowest BCUT2D eigenvalue weighted by Gasteiger charge is -2.26. The second-order valence-electron chi connectivity index (χ2n) is 10.0. The average Bonchev–Trinajstić information content (AvgIpc) is 3.19. The molecule has 10 heteroatoms. The van der Waals surface area contributed by atoms with Gasteiger partial charge >= 0.3 is 0 Å². The number of thioether (sulfide) groups is 1. The predicted molar refractivity (Wildman–Crippen MR) is 160 cm³/mol. The summed E-state index contributed by atoms with van der Waals surface area (Å²) in [5.74, 6) is 0.796. The van der Waals surface area contributed by atoms with Crippen LogP contribution in [0.1, 0.15) is 57.1 Å². The number of aryl methyl sites for hydroxylation is 1. The zero-order valence-corrected chi connectivity index (χ0v) is 24.3. The second kappa shape index (κ2) is 13.7. The Labute approximate surface area is 234 Å². The SMILES string of the molecule is CCCCC(CC)CN1C(=O)C(=Cc2c(NCCCN3CCOCC3)nc3c(C)cccn3c2=O)SC1=S. The molecule has 0 aliphatic carbocycles. The summed E-state index contributed by atoms with van der Waals surface area (Å²) in [5, 5.41) is 3.39. The van der Waals surface area contributed by atoms with Crippen molar-refractivity contribution in [1.29, 1.82) is 0 Å². The standard InChI is InChI=1S/C28H39N5O3S2/c1-4-6-10-21(5-2)19-33-27(35)23(38-28(33)37)18-22-24(29-11-8-12-31-14-16-36-17-15-31)30-25-20(3)9-7-13-32(25)26(22)34/h7,9,13,18,21,29H,4-6,8,10-12,14-17,19H2,1-3H3. The van der Waals surface area contributed by atoms with Crippen molar-refractivity contribution in [3.63, 3.8) is 0 Å². The number of aromatic nitrogens is 2. The second-order valence-corrected chi connectivity index (χ2v) is 11.7. The Morgan fingerprint density at radius 2 is 2.03 bits per heavy atom. The number of thiocarbonyl (C=S) groups is 1. The van der Waals surface area contributed by atoms with E-state index in [1.54, 1.807) is 21.6 Å². The highest BCUT2D eigenvalue weighted by molar-refractivity contribution is 8.26. The monoisotopic (exact) mass is 557 g/mol. The molecule has 4 rings (SSSR count). The third-order valence-corrected chi connectivity index (χ3v) is 8.64. The fourth-order valence-corrected chi connectivity index (χ4v) is 6.13. The molecule has 2 aliphatic rings. The summed E-state index contributed by atoms with van der Waals surface area (Å²) in [7, 11) is 0. The maximum Gasteiger partial charge on any atom is 0.267 e. The summed E-state index contributed by atoms with van der Waals surface area (Å²) in [4.78, 5) is 36.4. The normalized spacial score (nSPS) is 18.6. The minimum absolute atomic E-state index is 0.123. The van der Waals surface area contributed by atoms with E-state index in [2.05, 4.69) is 24.1 Å². The number of unbranched alkanes of at least 4 members (excludes halogenated alkanes) is 1. The molecule has 2 aliphatic heterocycles. The average molecular weight is 558 g/mol. The molecule has 38 heavy (non-hydrogen) atoms. The van der Waals surface area contributed by atoms with E-state index >= 15 is 0 Å². The summed E-state index contributed by atoms with van der Waals surface area (Å²) in [6, 6.07) is 3.78. The highest BCUT2D eigenvalue weighted by atomic mass is 32.2. The number of morpholine rings is 1. The number of ether oxygens (including phenoxy) is 1. The molecule has 0 bridgehead atoms. The van der Waals surface area contributed by atoms with Crippen LogP contribution in [0.2, 0.25) is 0 Å². The molecule has 1 unspecified atom stereocenters. The maximum atomic E-state index is 13.6. The van der Waals surface area contributed by atoms with Gasteiger partial charge in [-0.25, -0.2) is 4.98 Å². The molecule has 206 valence electrons. The zero-order valence-electron chi connectivity index (χ0n) is 22.7. The number of rotatable bonds is 12. The number of pyridine rings is 1. The van der Waals surface area contributed by atoms with E-state index < -0.39 is 0 Å². The Morgan fingerprint density at radius 3 is 2.76 bits per heavy atom. The number of nitrogens with zero attached hydrogens (tertiary/aromatic N) is 4. The summed E-state index contributed by atoms with van der Waals surface area (Å²) in [5.41, 5.74) is 1.71. The van der Waals surface area contributed by atoms with Gasteiger partial charge in [0.05, 0.1) is 23.7 Å². The van der Waals surface area contributed by atoms with E-state index in [1.807, 2.05) is 19.1 Å². The first-order valence-corrected chi connectivity index (χ1v) is 15.0. The Balaban J connectivity index is 1.58. The van der Waals surface area contributed by atoms with E-state index in [9.17, 15) is 9.59 Å². The molecular formula is C28H39N5O3S2. The first-order chi connectivity index (χ1) is 18.4. The van der Waals surface area contributed by atoms with Gasteiger partial charge in [0.25, 0.3) is 11.5 Å². The van der Waals surface area contributed by atoms with E-state index in [0.717, 1.165) is 70.5 Å². The summed E-state index contributed by atoms with van der Waals surface area (Å²) in [6.07, 6.45) is 8.67. The molecule has 1 N–H and O–H groups in total. The Morgan fingerprint density at radius 1 is 1.24 bits per heavy atom. The van der Waals surface area contributed by atoms with Crippen LogP contribution in [-0.4, -0.2) is 75.3 Å². The van der Waals surface area contributed by atoms with Gasteiger partial charge in [0.15, 0.2) is 0 Å². The molecule has 0 saturated carbocycles. The smallest absolute Gasteiger partial charge is 0.267 e. The van der Waals surface area contributed by atoms with Crippen LogP contribution in [0.3, 0.4) is 0 Å². The summed E-state index contributed by atoms with van der Waals surface area (Å²) in [6.45, 7) is 12.0. The van der Waals surface area contributed by atoms with E-state index in [1.165, 1.54) is 11.8 Å². The van der Waals surface area contributed by atoms with Crippen molar-refractivity contribution in [2.45, 2.75) is 52.9 Å². The molecule has 2 aromatic heterocycles. The molecule has 2 fully saturated rings. The van der Waals surface area contributed by atoms with Gasteiger partial charge in [-0.1, -0.05) is 63.2 Å². The third kappa shape index (κ3) is 6.83. The van der Waals surface area contributed by atoms with Crippen molar-refractivity contribution in [3.8, 4) is 0 Å². The summed E-state index contributed by atoms with van der Waals surface area (Å²) >= 11 is 6.87. The van der Waals surface area contributed by atoms with Gasteiger partial charge in [0, 0.05) is 32.4 Å². The lowest BCUT2D eigenvalue weighted by atomic mass is 9.99. The largest absolute Gasteiger partial charge is 0.379 e. The van der Waals surface area contributed by atoms with Gasteiger partial charge in [0.1, 0.15) is 15.8 Å². The number of hydrogen-bond donors (Lipinski definition) is 1. The topological polar surface area (TPSA) is 79.2 Å². The fraction of sp³-hybridized carbons (Fsp3) is 0.571. The molecule has 0 aromatic carbocycles. The Hall–Kier alpha value is -2.27. The first-order valence-electron chi connectivity index (χ1n) is 13.7. The van der Waals surface area contributed by atoms with Crippen molar-refractivity contribution in [3.05, 3.63) is 44.7 Å². The number of anilines is 1. The molecule has 8 nitrogen and oxygen atoms in total. The maximum absolute atomic E-state index is 13.6. The van der Waals surface area contributed by atoms with Gasteiger partial charge in [-0.2, -0.15) is 0 Å². The lowest BCUT2D eigenvalue weighted by Crippen LogP contribution is -2.37. The van der Waals surface area contributed by atoms with Gasteiger partial charge in [-0.05, 0) is 49.9 Å². The van der Waals surface area contributed by atoms with Gasteiger partial charge in [-0.15, -0.1) is 0 Å². The van der Waals surface area contributed by atoms with Crippen molar-refractivity contribution >= 4 is 51.7 Å². The molecule has 2 aromatic rings. The number of fused-ring (bicyclic) bond motifs is 1. The van der Waals surface area contributed by atoms with Crippen LogP contribution in [0.25, 0.3) is 11.7 Å². The number of amides is 1. The number of carbonyl (C=O) groups excluding carboxylic acids is 1. The van der Waals surface area contributed by atoms with E-state index in [4.69, 9.17) is 21.9 Å². The third-order valence-electron chi connectivity index (χ3n) is 7.26. The van der Waals surface area contributed by atoms with Gasteiger partial charge in [-0.3, -0.25) is 23.8 Å². The van der Waals surface area contributed by atoms with Crippen LogP contribution >= 0.6 is 24.0 Å². The van der Waals surface area contributed by atoms with Crippen LogP contribution in [0.15, 0.2) is 28.0 Å². The van der Waals surface area contributed by atoms with E-state index in [0.29, 0.717) is 45.3 Å². The van der Waals surface area contributed by atoms with Crippen LogP contribution < -0.4 is 10.9 Å². The van der Waals surface area contributed by atoms with E-state index in [-0.39, 0.29) is 11.5 Å². The molecule has 2 saturated heterocycles. The highest BCUT2D eigenvalue weighted by Gasteiger charge is 2.33. The van der Waals surface area contributed by atoms with Crippen molar-refractivity contribution in [1.82, 2.24) is 19.2 Å². The van der Waals surface area contributed by atoms with Crippen molar-refractivity contribution in [2.24, 2.45) is 5.92 Å². The number of nitrogens with one attached hydrogen (secondary N) is 1. The minimum atomic E-state index is -0.200. The van der Waals surface area contributed by atoms with Crippen LogP contribution in [0.5, 0.6) is 0 Å². The fourth-order valence-electron chi connectivity index (χ4n) is 4.87. The Kier molecular flexibility index (Phi) is 10.3. The zero-order chi connectivity index (χ0) is 27.1. The number of hydrogen-bond acceptors (Lipinski definition) is 8. The molecule has 1 amide bonds. The molecule has 4 heterocycles. The minimum Gasteiger partial charge on any atom is -0.379 e. The predicted octanol–water partition coefficient (Wildman–Crippen LogP) is 4.55. The van der Waals surface area contributed by atoms with Crippen LogP contribution in [-0.2, 0) is 9.53 Å². The van der Waals surface area contributed by atoms with Crippen LogP contribution in [0.4, 0.5) is 5.82 Å². The first kappa shape index (κ1) is 28.7. The quantitative estimate of drug-likeness (QED) is 0.231. The number of carbonyl (C=O) groups is 1. The van der Waals surface area contributed by atoms with Crippen molar-refractivity contribution < 1.29 is 9.53 Å². The molecule has 0 radical (unpaired) electrons. The molecular weight excluding hydrogens is 518 g/mol. The highest BCUT2D eigenvalue weighted by Crippen LogP contribution is 2.34. The Bertz CT molecular complexity index is 1240. The lowest BCUT2D eigenvalue weighted by molar-refractivity contribution is -0.122. The molecule has 1 atom stereocenters. The molecule has 0 spiro atoms.